The molecular formula is C20H29ClN4O4. The SMILES string of the molecule is Cc1cc2c(cc1Cl)CCO[C@H]2[C@H]1O[C@@H](N2CCC3C(N)NCNC32)[C@H](O)[C@@H]1O. The van der Waals surface area contributed by atoms with E-state index >= 15 is 0 Å². The van der Waals surface area contributed by atoms with Gasteiger partial charge in [0.2, 0.25) is 0 Å². The summed E-state index contributed by atoms with van der Waals surface area (Å²) in [5.74, 6) is 0.229. The maximum Gasteiger partial charge on any atom is 0.141 e. The van der Waals surface area contributed by atoms with Gasteiger partial charge >= 0.3 is 0 Å². The molecule has 3 unspecified atom stereocenters. The number of benzene rings is 1. The minimum absolute atomic E-state index is 0.0115. The van der Waals surface area contributed by atoms with Crippen LogP contribution in [0.5, 0.6) is 0 Å². The third kappa shape index (κ3) is 3.31. The first kappa shape index (κ1) is 20.1. The molecule has 3 fully saturated rings. The Morgan fingerprint density at radius 2 is 2.07 bits per heavy atom. The zero-order chi connectivity index (χ0) is 20.3. The molecule has 0 radical (unpaired) electrons. The Bertz CT molecular complexity index is 783. The number of likely N-dealkylation sites (tertiary alicyclic amines) is 1. The van der Waals surface area contributed by atoms with Crippen molar-refractivity contribution in [2.45, 2.75) is 62.7 Å². The van der Waals surface area contributed by atoms with Gasteiger partial charge in [0, 0.05) is 24.2 Å². The molecule has 0 saturated carbocycles. The molecular weight excluding hydrogens is 396 g/mol. The van der Waals surface area contributed by atoms with E-state index in [1.54, 1.807) is 0 Å². The molecule has 0 aromatic heterocycles. The van der Waals surface area contributed by atoms with Crippen LogP contribution >= 0.6 is 11.6 Å². The van der Waals surface area contributed by atoms with Crippen molar-refractivity contribution in [1.82, 2.24) is 15.5 Å². The van der Waals surface area contributed by atoms with E-state index in [1.165, 1.54) is 0 Å². The lowest BCUT2D eigenvalue weighted by molar-refractivity contribution is -0.142. The highest BCUT2D eigenvalue weighted by molar-refractivity contribution is 6.31. The second kappa shape index (κ2) is 7.71. The number of ether oxygens (including phenoxy) is 2. The highest BCUT2D eigenvalue weighted by atomic mass is 35.5. The highest BCUT2D eigenvalue weighted by Gasteiger charge is 2.54. The molecule has 0 bridgehead atoms. The third-order valence-corrected chi connectivity index (χ3v) is 7.30. The van der Waals surface area contributed by atoms with Gasteiger partial charge in [-0.15, -0.1) is 0 Å². The van der Waals surface area contributed by atoms with Gasteiger partial charge in [0.15, 0.2) is 0 Å². The Balaban J connectivity index is 1.39. The number of fused-ring (bicyclic) bond motifs is 2. The van der Waals surface area contributed by atoms with Gasteiger partial charge < -0.3 is 25.4 Å². The summed E-state index contributed by atoms with van der Waals surface area (Å²) in [6, 6.07) is 3.99. The molecule has 0 spiro atoms. The summed E-state index contributed by atoms with van der Waals surface area (Å²) in [4.78, 5) is 2.09. The summed E-state index contributed by atoms with van der Waals surface area (Å²) >= 11 is 6.30. The van der Waals surface area contributed by atoms with Crippen molar-refractivity contribution in [3.8, 4) is 0 Å². The summed E-state index contributed by atoms with van der Waals surface area (Å²) in [5, 5.41) is 29.1. The fraction of sp³-hybridized carbons (Fsp3) is 0.700. The summed E-state index contributed by atoms with van der Waals surface area (Å²) in [7, 11) is 0. The van der Waals surface area contributed by atoms with Crippen LogP contribution in [0.15, 0.2) is 12.1 Å². The van der Waals surface area contributed by atoms with Crippen LogP contribution in [-0.4, -0.2) is 71.8 Å². The number of hydrogen-bond acceptors (Lipinski definition) is 8. The molecule has 4 aliphatic rings. The first-order valence-corrected chi connectivity index (χ1v) is 10.7. The fourth-order valence-electron chi connectivity index (χ4n) is 5.30. The quantitative estimate of drug-likeness (QED) is 0.443. The van der Waals surface area contributed by atoms with Crippen LogP contribution in [0.1, 0.15) is 29.2 Å². The van der Waals surface area contributed by atoms with Crippen molar-refractivity contribution in [3.63, 3.8) is 0 Å². The molecule has 8 atom stereocenters. The zero-order valence-electron chi connectivity index (χ0n) is 16.4. The summed E-state index contributed by atoms with van der Waals surface area (Å²) in [5.41, 5.74) is 9.26. The van der Waals surface area contributed by atoms with Gasteiger partial charge in [-0.25, -0.2) is 0 Å². The van der Waals surface area contributed by atoms with Gasteiger partial charge in [-0.1, -0.05) is 17.7 Å². The van der Waals surface area contributed by atoms with E-state index in [0.717, 1.165) is 41.1 Å². The van der Waals surface area contributed by atoms with Crippen LogP contribution in [-0.2, 0) is 15.9 Å². The van der Waals surface area contributed by atoms with Gasteiger partial charge in [0.05, 0.1) is 18.9 Å². The Kier molecular flexibility index (Phi) is 5.35. The van der Waals surface area contributed by atoms with E-state index in [1.807, 2.05) is 19.1 Å². The average Bonchev–Trinajstić information content (AvgIpc) is 3.25. The number of nitrogens with zero attached hydrogens (tertiary/aromatic N) is 1. The summed E-state index contributed by atoms with van der Waals surface area (Å²) in [6.45, 7) is 3.83. The molecule has 5 rings (SSSR count). The van der Waals surface area contributed by atoms with Gasteiger partial charge in [0.1, 0.15) is 30.6 Å². The molecule has 0 amide bonds. The number of nitrogens with two attached hydrogens (primary N) is 1. The van der Waals surface area contributed by atoms with Gasteiger partial charge in [-0.3, -0.25) is 15.5 Å². The second-order valence-corrected chi connectivity index (χ2v) is 8.97. The Morgan fingerprint density at radius 3 is 2.90 bits per heavy atom. The molecule has 6 N–H and O–H groups in total. The van der Waals surface area contributed by atoms with Crippen LogP contribution < -0.4 is 16.4 Å². The Hall–Kier alpha value is -0.810. The molecule has 9 heteroatoms. The number of nitrogens with one attached hydrogen (secondary N) is 2. The highest BCUT2D eigenvalue weighted by Crippen LogP contribution is 2.41. The van der Waals surface area contributed by atoms with Gasteiger partial charge in [-0.2, -0.15) is 0 Å². The molecule has 29 heavy (non-hydrogen) atoms. The van der Waals surface area contributed by atoms with Crippen molar-refractivity contribution in [1.29, 1.82) is 0 Å². The maximum absolute atomic E-state index is 10.9. The smallest absolute Gasteiger partial charge is 0.141 e. The lowest BCUT2D eigenvalue weighted by atomic mass is 9.90. The lowest BCUT2D eigenvalue weighted by Crippen LogP contribution is -2.64. The van der Waals surface area contributed by atoms with E-state index in [-0.39, 0.29) is 18.2 Å². The normalized spacial score (nSPS) is 42.7. The Morgan fingerprint density at radius 1 is 1.24 bits per heavy atom. The van der Waals surface area contributed by atoms with Crippen LogP contribution in [0.2, 0.25) is 5.02 Å². The predicted molar refractivity (Wildman–Crippen MR) is 107 cm³/mol. The average molecular weight is 425 g/mol. The molecule has 0 aliphatic carbocycles. The number of aryl methyl sites for hydroxylation is 1. The summed E-state index contributed by atoms with van der Waals surface area (Å²) in [6.07, 6.45) is -2.16. The number of hydrogen-bond donors (Lipinski definition) is 5. The van der Waals surface area contributed by atoms with Crippen molar-refractivity contribution in [2.75, 3.05) is 19.8 Å². The molecule has 4 aliphatic heterocycles. The number of halogens is 1. The van der Waals surface area contributed by atoms with Crippen LogP contribution in [0.25, 0.3) is 0 Å². The predicted octanol–water partition coefficient (Wildman–Crippen LogP) is -0.208. The van der Waals surface area contributed by atoms with E-state index in [2.05, 4.69) is 15.5 Å². The van der Waals surface area contributed by atoms with E-state index in [9.17, 15) is 10.2 Å². The largest absolute Gasteiger partial charge is 0.387 e. The second-order valence-electron chi connectivity index (χ2n) is 8.56. The van der Waals surface area contributed by atoms with Crippen molar-refractivity contribution < 1.29 is 19.7 Å². The molecule has 1 aromatic rings. The molecule has 160 valence electrons. The summed E-state index contributed by atoms with van der Waals surface area (Å²) < 4.78 is 12.3. The standard InChI is InChI=1S/C20H29ClN4O4/c1-9-6-12-10(7-13(9)21)3-5-28-16(12)17-14(26)15(27)20(29-17)25-4-2-11-18(22)23-8-24-19(11)25/h6-7,11,14-20,23-24,26-27H,2-5,8,22H2,1H3/t11?,14-,15+,16+,17-,18?,19?,20+/m0/s1. The van der Waals surface area contributed by atoms with Gasteiger partial charge in [0.25, 0.3) is 0 Å². The third-order valence-electron chi connectivity index (χ3n) is 6.89. The zero-order valence-corrected chi connectivity index (χ0v) is 17.2. The molecule has 8 nitrogen and oxygen atoms in total. The topological polar surface area (TPSA) is 112 Å². The Labute approximate surface area is 175 Å². The first-order chi connectivity index (χ1) is 14.0. The van der Waals surface area contributed by atoms with Crippen LogP contribution in [0, 0.1) is 12.8 Å². The number of aliphatic hydroxyl groups excluding tert-OH is 2. The van der Waals surface area contributed by atoms with E-state index in [4.69, 9.17) is 26.8 Å². The van der Waals surface area contributed by atoms with Crippen LogP contribution in [0.3, 0.4) is 0 Å². The lowest BCUT2D eigenvalue weighted by Gasteiger charge is -2.39. The molecule has 1 aromatic carbocycles. The first-order valence-electron chi connectivity index (χ1n) is 10.4. The minimum atomic E-state index is -1.04. The van der Waals surface area contributed by atoms with Crippen molar-refractivity contribution in [3.05, 3.63) is 33.8 Å². The van der Waals surface area contributed by atoms with E-state index in [0.29, 0.717) is 13.3 Å². The maximum atomic E-state index is 10.9. The molecule has 4 heterocycles. The van der Waals surface area contributed by atoms with Gasteiger partial charge in [-0.05, 0) is 42.5 Å². The minimum Gasteiger partial charge on any atom is -0.387 e. The van der Waals surface area contributed by atoms with E-state index < -0.39 is 30.6 Å². The van der Waals surface area contributed by atoms with Crippen molar-refractivity contribution in [2.24, 2.45) is 11.7 Å². The molecule has 3 saturated heterocycles. The monoisotopic (exact) mass is 424 g/mol. The number of aliphatic hydroxyl groups is 2. The van der Waals surface area contributed by atoms with Crippen molar-refractivity contribution >= 4 is 11.6 Å². The fourth-order valence-corrected chi connectivity index (χ4v) is 5.48. The van der Waals surface area contributed by atoms with Crippen LogP contribution in [0.4, 0.5) is 0 Å². The number of rotatable bonds is 2.